The van der Waals surface area contributed by atoms with Crippen LogP contribution < -0.4 is 5.11 Å². The molecular formula is C32H59NO6. The highest BCUT2D eigenvalue weighted by Crippen LogP contribution is 2.27. The minimum Gasteiger partial charge on any atom is -0.544 e. The Kier molecular flexibility index (Phi) is 21.8. The highest BCUT2D eigenvalue weighted by Gasteiger charge is 2.50. The Labute approximate surface area is 238 Å². The van der Waals surface area contributed by atoms with Crippen molar-refractivity contribution in [1.29, 1.82) is 0 Å². The molecule has 0 aromatic heterocycles. The fraction of sp³-hybridized carbons (Fsp3) is 0.844. The average molecular weight is 554 g/mol. The van der Waals surface area contributed by atoms with Crippen LogP contribution in [0.2, 0.25) is 0 Å². The van der Waals surface area contributed by atoms with E-state index in [-0.39, 0.29) is 6.54 Å². The maximum absolute atomic E-state index is 11.8. The summed E-state index contributed by atoms with van der Waals surface area (Å²) in [5.41, 5.74) is 0. The van der Waals surface area contributed by atoms with Crippen molar-refractivity contribution in [3.63, 3.8) is 0 Å². The van der Waals surface area contributed by atoms with Crippen LogP contribution >= 0.6 is 0 Å². The summed E-state index contributed by atoms with van der Waals surface area (Å²) in [4.78, 5) is 35.3. The molecule has 7 nitrogen and oxygen atoms in total. The number of carboxylic acid groups (broad SMARTS) is 3. The van der Waals surface area contributed by atoms with E-state index in [0.29, 0.717) is 6.42 Å². The van der Waals surface area contributed by atoms with Crippen molar-refractivity contribution in [2.45, 2.75) is 168 Å². The van der Waals surface area contributed by atoms with Crippen LogP contribution in [-0.4, -0.2) is 57.3 Å². The Morgan fingerprint density at radius 2 is 0.923 bits per heavy atom. The second-order valence-corrected chi connectivity index (χ2v) is 11.4. The summed E-state index contributed by atoms with van der Waals surface area (Å²) in [6, 6.07) is -3.60. The summed E-state index contributed by atoms with van der Waals surface area (Å²) < 4.78 is -0.560. The Morgan fingerprint density at radius 1 is 0.590 bits per heavy atom. The average Bonchev–Trinajstić information content (AvgIpc) is 2.90. The molecule has 7 heteroatoms. The normalized spacial score (nSPS) is 15.6. The minimum absolute atomic E-state index is 0.156. The van der Waals surface area contributed by atoms with Gasteiger partial charge in [-0.2, -0.15) is 0 Å². The largest absolute Gasteiger partial charge is 0.544 e. The highest BCUT2D eigenvalue weighted by molar-refractivity contribution is 5.76. The first-order chi connectivity index (χ1) is 18.6. The number of carboxylic acids is 3. The number of carbonyl (C=O) groups is 3. The summed E-state index contributed by atoms with van der Waals surface area (Å²) in [6.07, 6.45) is 27.8. The molecule has 2 N–H and O–H groups in total. The molecule has 0 saturated carbocycles. The quantitative estimate of drug-likeness (QED) is 0.0651. The number of aliphatic carboxylic acids is 3. The summed E-state index contributed by atoms with van der Waals surface area (Å²) >= 11 is 0. The molecule has 0 heterocycles. The molecule has 228 valence electrons. The van der Waals surface area contributed by atoms with E-state index in [9.17, 15) is 29.7 Å². The van der Waals surface area contributed by atoms with E-state index in [2.05, 4.69) is 19.1 Å². The van der Waals surface area contributed by atoms with Gasteiger partial charge in [-0.1, -0.05) is 109 Å². The van der Waals surface area contributed by atoms with E-state index in [1.54, 1.807) is 0 Å². The van der Waals surface area contributed by atoms with Gasteiger partial charge in [0.2, 0.25) is 0 Å². The third-order valence-electron chi connectivity index (χ3n) is 8.53. The van der Waals surface area contributed by atoms with E-state index in [1.807, 2.05) is 0 Å². The molecule has 3 unspecified atom stereocenters. The van der Waals surface area contributed by atoms with Crippen molar-refractivity contribution in [2.24, 2.45) is 0 Å². The molecule has 0 spiro atoms. The number of hydrogen-bond acceptors (Lipinski definition) is 4. The van der Waals surface area contributed by atoms with Gasteiger partial charge < -0.3 is 20.1 Å². The molecule has 0 aliphatic heterocycles. The van der Waals surface area contributed by atoms with Crippen molar-refractivity contribution < 1.29 is 34.2 Å². The molecule has 3 atom stereocenters. The Balaban J connectivity index is 4.08. The first kappa shape index (κ1) is 37.1. The molecular weight excluding hydrogens is 494 g/mol. The SMILES string of the molecule is CCCCCCCCCCCCCCCCC/C=C/CCCC[N+](C(C)C(=O)[O-])(C(C)C(=O)O)C(C)C(=O)O. The van der Waals surface area contributed by atoms with E-state index >= 15 is 0 Å². The molecule has 0 amide bonds. The molecule has 0 aliphatic carbocycles. The Bertz CT molecular complexity index is 642. The Hall–Kier alpha value is -1.89. The van der Waals surface area contributed by atoms with E-state index in [0.717, 1.165) is 19.3 Å². The van der Waals surface area contributed by atoms with Gasteiger partial charge in [0.05, 0.1) is 12.5 Å². The lowest BCUT2D eigenvalue weighted by Gasteiger charge is -2.49. The van der Waals surface area contributed by atoms with Gasteiger partial charge in [0, 0.05) is 0 Å². The standard InChI is InChI=1S/C32H59NO6/c1-5-6-7-8-9-10-11-12-13-14-15-16-17-18-19-20-21-22-23-24-25-26-33(27(2)30(34)35,28(3)31(36)37)29(4)32(38)39/h21-22,27-29H,5-20,23-26H2,1-4H3,(H2-,34,35,36,37,38,39)/b22-21+. The van der Waals surface area contributed by atoms with Crippen LogP contribution in [0.3, 0.4) is 0 Å². The summed E-state index contributed by atoms with van der Waals surface area (Å²) in [5, 5.41) is 30.9. The minimum atomic E-state index is -1.43. The van der Waals surface area contributed by atoms with Crippen molar-refractivity contribution >= 4 is 17.9 Å². The van der Waals surface area contributed by atoms with Gasteiger partial charge in [-0.3, -0.25) is 4.48 Å². The van der Waals surface area contributed by atoms with Crippen molar-refractivity contribution in [2.75, 3.05) is 6.54 Å². The van der Waals surface area contributed by atoms with Gasteiger partial charge in [0.25, 0.3) is 0 Å². The molecule has 0 radical (unpaired) electrons. The number of carbonyl (C=O) groups excluding carboxylic acids is 1. The third-order valence-corrected chi connectivity index (χ3v) is 8.53. The molecule has 0 aromatic carbocycles. The van der Waals surface area contributed by atoms with Crippen LogP contribution in [0, 0.1) is 0 Å². The van der Waals surface area contributed by atoms with Gasteiger partial charge in [-0.15, -0.1) is 0 Å². The molecule has 0 rings (SSSR count). The summed E-state index contributed by atoms with van der Waals surface area (Å²) in [7, 11) is 0. The number of unbranched alkanes of at least 4 members (excludes halogenated alkanes) is 17. The van der Waals surface area contributed by atoms with Crippen LogP contribution in [0.4, 0.5) is 0 Å². The maximum Gasteiger partial charge on any atom is 0.362 e. The lowest BCUT2D eigenvalue weighted by atomic mass is 10.0. The lowest BCUT2D eigenvalue weighted by Crippen LogP contribution is -2.72. The van der Waals surface area contributed by atoms with Gasteiger partial charge >= 0.3 is 11.9 Å². The first-order valence-electron chi connectivity index (χ1n) is 15.8. The molecule has 0 aliphatic rings. The molecule has 39 heavy (non-hydrogen) atoms. The second kappa shape index (κ2) is 22.9. The third kappa shape index (κ3) is 15.5. The molecule has 0 aromatic rings. The van der Waals surface area contributed by atoms with Crippen LogP contribution in [0.5, 0.6) is 0 Å². The number of rotatable bonds is 27. The van der Waals surface area contributed by atoms with Crippen molar-refractivity contribution in [3.8, 4) is 0 Å². The number of hydrogen-bond donors (Lipinski definition) is 2. The second-order valence-electron chi connectivity index (χ2n) is 11.4. The molecule has 0 fully saturated rings. The van der Waals surface area contributed by atoms with E-state index < -0.39 is 40.5 Å². The van der Waals surface area contributed by atoms with Gasteiger partial charge in [0.1, 0.15) is 6.04 Å². The van der Waals surface area contributed by atoms with E-state index in [1.165, 1.54) is 117 Å². The zero-order valence-corrected chi connectivity index (χ0v) is 25.5. The number of nitrogens with zero attached hydrogens (tertiary/aromatic N) is 1. The fourth-order valence-corrected chi connectivity index (χ4v) is 5.71. The summed E-state index contributed by atoms with van der Waals surface area (Å²) in [5.74, 6) is -3.85. The van der Waals surface area contributed by atoms with Crippen molar-refractivity contribution in [1.82, 2.24) is 0 Å². The first-order valence-corrected chi connectivity index (χ1v) is 15.8. The summed E-state index contributed by atoms with van der Waals surface area (Å²) in [6.45, 7) is 6.55. The predicted molar refractivity (Wildman–Crippen MR) is 156 cm³/mol. The lowest BCUT2D eigenvalue weighted by molar-refractivity contribution is -0.969. The number of quaternary nitrogens is 1. The zero-order valence-electron chi connectivity index (χ0n) is 25.5. The van der Waals surface area contributed by atoms with E-state index in [4.69, 9.17) is 0 Å². The van der Waals surface area contributed by atoms with Crippen LogP contribution in [0.15, 0.2) is 12.2 Å². The predicted octanol–water partition coefficient (Wildman–Crippen LogP) is 6.88. The zero-order chi connectivity index (χ0) is 29.5. The topological polar surface area (TPSA) is 115 Å². The van der Waals surface area contributed by atoms with Gasteiger partial charge in [-0.25, -0.2) is 9.59 Å². The number of allylic oxidation sites excluding steroid dienone is 2. The smallest absolute Gasteiger partial charge is 0.362 e. The van der Waals surface area contributed by atoms with Gasteiger partial charge in [-0.05, 0) is 52.9 Å². The van der Waals surface area contributed by atoms with Crippen LogP contribution in [0.25, 0.3) is 0 Å². The van der Waals surface area contributed by atoms with Crippen LogP contribution in [-0.2, 0) is 14.4 Å². The molecule has 0 saturated heterocycles. The monoisotopic (exact) mass is 553 g/mol. The Morgan fingerprint density at radius 3 is 1.26 bits per heavy atom. The highest BCUT2D eigenvalue weighted by atomic mass is 16.4. The van der Waals surface area contributed by atoms with Gasteiger partial charge in [0.15, 0.2) is 12.1 Å². The van der Waals surface area contributed by atoms with Crippen molar-refractivity contribution in [3.05, 3.63) is 12.2 Å². The molecule has 0 bridgehead atoms. The maximum atomic E-state index is 11.8. The fourth-order valence-electron chi connectivity index (χ4n) is 5.71. The van der Waals surface area contributed by atoms with Crippen LogP contribution in [0.1, 0.15) is 150 Å².